The first-order valence-electron chi connectivity index (χ1n) is 8.90. The summed E-state index contributed by atoms with van der Waals surface area (Å²) in [5.74, 6) is 0.687. The van der Waals surface area contributed by atoms with E-state index in [4.69, 9.17) is 23.2 Å². The second kappa shape index (κ2) is 10.7. The van der Waals surface area contributed by atoms with Crippen LogP contribution in [0.15, 0.2) is 42.5 Å². The fourth-order valence-electron chi connectivity index (χ4n) is 2.73. The topological polar surface area (TPSA) is 49.4 Å². The zero-order valence-electron chi connectivity index (χ0n) is 16.2. The summed E-state index contributed by atoms with van der Waals surface area (Å²) in [7, 11) is 1.56. The van der Waals surface area contributed by atoms with Gasteiger partial charge in [-0.3, -0.25) is 9.59 Å². The van der Waals surface area contributed by atoms with Gasteiger partial charge in [-0.1, -0.05) is 53.5 Å². The van der Waals surface area contributed by atoms with Gasteiger partial charge in [0.2, 0.25) is 11.8 Å². The second-order valence-electron chi connectivity index (χ2n) is 6.47. The van der Waals surface area contributed by atoms with E-state index in [2.05, 4.69) is 24.4 Å². The molecule has 2 amide bonds. The monoisotopic (exact) mass is 438 g/mol. The Morgan fingerprint density at radius 1 is 1.14 bits per heavy atom. The highest BCUT2D eigenvalue weighted by Crippen LogP contribution is 2.24. The Morgan fingerprint density at radius 3 is 2.50 bits per heavy atom. The molecule has 0 radical (unpaired) electrons. The van der Waals surface area contributed by atoms with Gasteiger partial charge in [0.25, 0.3) is 0 Å². The van der Waals surface area contributed by atoms with Crippen molar-refractivity contribution in [3.63, 3.8) is 0 Å². The lowest BCUT2D eigenvalue weighted by Gasteiger charge is -2.28. The van der Waals surface area contributed by atoms with Gasteiger partial charge in [0.1, 0.15) is 6.04 Å². The molecule has 0 aromatic heterocycles. The summed E-state index contributed by atoms with van der Waals surface area (Å²) in [4.78, 5) is 26.6. The molecule has 0 aliphatic carbocycles. The summed E-state index contributed by atoms with van der Waals surface area (Å²) in [6, 6.07) is 12.6. The van der Waals surface area contributed by atoms with Crippen LogP contribution in [-0.2, 0) is 21.9 Å². The first-order valence-corrected chi connectivity index (χ1v) is 10.8. The van der Waals surface area contributed by atoms with E-state index < -0.39 is 6.04 Å². The van der Waals surface area contributed by atoms with Crippen molar-refractivity contribution in [1.82, 2.24) is 10.2 Å². The second-order valence-corrected chi connectivity index (χ2v) is 8.30. The Labute approximate surface area is 180 Å². The molecule has 2 aromatic rings. The number of hydrogen-bond acceptors (Lipinski definition) is 3. The van der Waals surface area contributed by atoms with Crippen LogP contribution in [0.25, 0.3) is 0 Å². The average Bonchev–Trinajstić information content (AvgIpc) is 2.67. The molecule has 0 bridgehead atoms. The van der Waals surface area contributed by atoms with Crippen LogP contribution in [0.5, 0.6) is 0 Å². The lowest BCUT2D eigenvalue weighted by atomic mass is 10.1. The Kier molecular flexibility index (Phi) is 8.67. The standard InChI is InChI=1S/C21H24Cl2N2O2S/c1-14-6-4-5-7-17(14)12-28-13-20(26)25(15(2)21(27)24-3)11-16-8-9-18(22)10-19(16)23/h4-10,15H,11-13H2,1-3H3,(H,24,27). The molecular weight excluding hydrogens is 415 g/mol. The zero-order chi connectivity index (χ0) is 20.7. The molecule has 0 aliphatic rings. The number of nitrogens with zero attached hydrogens (tertiary/aromatic N) is 1. The van der Waals surface area contributed by atoms with Gasteiger partial charge >= 0.3 is 0 Å². The summed E-state index contributed by atoms with van der Waals surface area (Å²) in [5.41, 5.74) is 3.15. The minimum atomic E-state index is -0.608. The number of benzene rings is 2. The third-order valence-corrected chi connectivity index (χ3v) is 6.07. The van der Waals surface area contributed by atoms with Gasteiger partial charge in [-0.2, -0.15) is 0 Å². The molecule has 1 atom stereocenters. The van der Waals surface area contributed by atoms with Crippen LogP contribution < -0.4 is 5.32 Å². The van der Waals surface area contributed by atoms with Gasteiger partial charge < -0.3 is 10.2 Å². The normalized spacial score (nSPS) is 11.8. The minimum absolute atomic E-state index is 0.110. The van der Waals surface area contributed by atoms with Crippen LogP contribution in [0.3, 0.4) is 0 Å². The summed E-state index contributed by atoms with van der Waals surface area (Å²) < 4.78 is 0. The third kappa shape index (κ3) is 6.16. The molecule has 0 heterocycles. The highest BCUT2D eigenvalue weighted by atomic mass is 35.5. The lowest BCUT2D eigenvalue weighted by molar-refractivity contribution is -0.138. The van der Waals surface area contributed by atoms with E-state index in [0.29, 0.717) is 10.0 Å². The number of aryl methyl sites for hydroxylation is 1. The van der Waals surface area contributed by atoms with Crippen molar-refractivity contribution in [2.75, 3.05) is 12.8 Å². The Morgan fingerprint density at radius 2 is 1.86 bits per heavy atom. The van der Waals surface area contributed by atoms with E-state index in [1.165, 1.54) is 22.9 Å². The van der Waals surface area contributed by atoms with Crippen LogP contribution in [0.1, 0.15) is 23.6 Å². The Bertz CT molecular complexity index is 845. The van der Waals surface area contributed by atoms with Gasteiger partial charge in [-0.15, -0.1) is 11.8 Å². The number of carbonyl (C=O) groups excluding carboxylic acids is 2. The van der Waals surface area contributed by atoms with Crippen molar-refractivity contribution in [3.8, 4) is 0 Å². The number of halogens is 2. The molecule has 2 aromatic carbocycles. The van der Waals surface area contributed by atoms with Gasteiger partial charge in [0, 0.05) is 29.4 Å². The molecular formula is C21H24Cl2N2O2S. The van der Waals surface area contributed by atoms with Crippen LogP contribution in [0, 0.1) is 6.92 Å². The third-order valence-electron chi connectivity index (χ3n) is 4.51. The molecule has 7 heteroatoms. The maximum absolute atomic E-state index is 12.9. The first-order chi connectivity index (χ1) is 13.3. The van der Waals surface area contributed by atoms with Gasteiger partial charge in [0.05, 0.1) is 5.75 Å². The number of likely N-dealkylation sites (N-methyl/N-ethyl adjacent to an activating group) is 1. The van der Waals surface area contributed by atoms with Crippen molar-refractivity contribution in [3.05, 3.63) is 69.2 Å². The van der Waals surface area contributed by atoms with Crippen LogP contribution in [0.4, 0.5) is 0 Å². The van der Waals surface area contributed by atoms with Crippen molar-refractivity contribution in [1.29, 1.82) is 0 Å². The fraction of sp³-hybridized carbons (Fsp3) is 0.333. The smallest absolute Gasteiger partial charge is 0.242 e. The van der Waals surface area contributed by atoms with Crippen LogP contribution in [0.2, 0.25) is 10.0 Å². The Balaban J connectivity index is 2.10. The molecule has 150 valence electrons. The van der Waals surface area contributed by atoms with Crippen LogP contribution >= 0.6 is 35.0 Å². The Hall–Kier alpha value is -1.69. The molecule has 2 rings (SSSR count). The molecule has 28 heavy (non-hydrogen) atoms. The van der Waals surface area contributed by atoms with Crippen molar-refractivity contribution >= 4 is 46.8 Å². The van der Waals surface area contributed by atoms with E-state index in [0.717, 1.165) is 11.3 Å². The fourth-order valence-corrected chi connectivity index (χ4v) is 4.18. The van der Waals surface area contributed by atoms with Gasteiger partial charge in [-0.05, 0) is 42.7 Å². The molecule has 4 nitrogen and oxygen atoms in total. The molecule has 0 fully saturated rings. The molecule has 0 saturated carbocycles. The molecule has 0 aliphatic heterocycles. The molecule has 0 spiro atoms. The molecule has 1 unspecified atom stereocenters. The average molecular weight is 439 g/mol. The largest absolute Gasteiger partial charge is 0.357 e. The van der Waals surface area contributed by atoms with Gasteiger partial charge in [-0.25, -0.2) is 0 Å². The highest BCUT2D eigenvalue weighted by Gasteiger charge is 2.26. The predicted molar refractivity (Wildman–Crippen MR) is 118 cm³/mol. The van der Waals surface area contributed by atoms with E-state index in [1.54, 1.807) is 37.1 Å². The summed E-state index contributed by atoms with van der Waals surface area (Å²) in [6.45, 7) is 4.02. The summed E-state index contributed by atoms with van der Waals surface area (Å²) in [5, 5.41) is 3.61. The molecule has 1 N–H and O–H groups in total. The first kappa shape index (κ1) is 22.6. The number of thioether (sulfide) groups is 1. The quantitative estimate of drug-likeness (QED) is 0.649. The number of hydrogen-bond donors (Lipinski definition) is 1. The maximum atomic E-state index is 12.9. The number of carbonyl (C=O) groups is 2. The predicted octanol–water partition coefficient (Wildman–Crippen LogP) is 4.70. The van der Waals surface area contributed by atoms with Crippen molar-refractivity contribution < 1.29 is 9.59 Å². The number of rotatable bonds is 8. The van der Waals surface area contributed by atoms with E-state index in [-0.39, 0.29) is 24.1 Å². The van der Waals surface area contributed by atoms with Crippen molar-refractivity contribution in [2.24, 2.45) is 0 Å². The van der Waals surface area contributed by atoms with Gasteiger partial charge in [0.15, 0.2) is 0 Å². The summed E-state index contributed by atoms with van der Waals surface area (Å²) in [6.07, 6.45) is 0. The summed E-state index contributed by atoms with van der Waals surface area (Å²) >= 11 is 13.8. The SMILES string of the molecule is CNC(=O)C(C)N(Cc1ccc(Cl)cc1Cl)C(=O)CSCc1ccccc1C. The number of amides is 2. The molecule has 0 saturated heterocycles. The van der Waals surface area contributed by atoms with E-state index in [9.17, 15) is 9.59 Å². The zero-order valence-corrected chi connectivity index (χ0v) is 18.5. The number of nitrogens with one attached hydrogen (secondary N) is 1. The van der Waals surface area contributed by atoms with E-state index in [1.807, 2.05) is 12.1 Å². The maximum Gasteiger partial charge on any atom is 0.242 e. The minimum Gasteiger partial charge on any atom is -0.357 e. The van der Waals surface area contributed by atoms with Crippen molar-refractivity contribution in [2.45, 2.75) is 32.2 Å². The highest BCUT2D eigenvalue weighted by molar-refractivity contribution is 7.99. The van der Waals surface area contributed by atoms with E-state index >= 15 is 0 Å². The van der Waals surface area contributed by atoms with Crippen LogP contribution in [-0.4, -0.2) is 35.6 Å². The lowest BCUT2D eigenvalue weighted by Crippen LogP contribution is -2.47.